The van der Waals surface area contributed by atoms with Gasteiger partial charge >= 0.3 is 0 Å². The highest BCUT2D eigenvalue weighted by Gasteiger charge is 2.22. The van der Waals surface area contributed by atoms with E-state index in [1.54, 1.807) is 0 Å². The Bertz CT molecular complexity index is 950. The molecule has 3 rings (SSSR count). The van der Waals surface area contributed by atoms with Gasteiger partial charge in [0, 0.05) is 23.6 Å². The second-order valence-corrected chi connectivity index (χ2v) is 7.51. The summed E-state index contributed by atoms with van der Waals surface area (Å²) in [7, 11) is 0. The SMILES string of the molecule is O=C(NCC(O)c1ccc([N+](=O)[O-])cc1)C(Sc1ccccc1)c1ccccc1. The first kappa shape index (κ1) is 20.6. The van der Waals surface area contributed by atoms with Crippen molar-refractivity contribution in [2.45, 2.75) is 16.2 Å². The molecule has 29 heavy (non-hydrogen) atoms. The molecule has 0 radical (unpaired) electrons. The molecule has 0 spiro atoms. The highest BCUT2D eigenvalue weighted by Crippen LogP contribution is 2.35. The maximum atomic E-state index is 12.9. The maximum absolute atomic E-state index is 12.9. The van der Waals surface area contributed by atoms with Crippen molar-refractivity contribution in [2.24, 2.45) is 0 Å². The summed E-state index contributed by atoms with van der Waals surface area (Å²) in [4.78, 5) is 24.1. The van der Waals surface area contributed by atoms with Crippen LogP contribution in [0.25, 0.3) is 0 Å². The number of nitro benzene ring substituents is 1. The van der Waals surface area contributed by atoms with Crippen molar-refractivity contribution in [1.29, 1.82) is 0 Å². The summed E-state index contributed by atoms with van der Waals surface area (Å²) in [5.41, 5.74) is 1.32. The third kappa shape index (κ3) is 5.66. The second-order valence-electron chi connectivity index (χ2n) is 6.33. The summed E-state index contributed by atoms with van der Waals surface area (Å²) in [6.45, 7) is 0.00925. The molecule has 3 aromatic carbocycles. The minimum atomic E-state index is -0.960. The first-order chi connectivity index (χ1) is 14.0. The van der Waals surface area contributed by atoms with Gasteiger partial charge in [0.15, 0.2) is 0 Å². The smallest absolute Gasteiger partial charge is 0.269 e. The van der Waals surface area contributed by atoms with E-state index in [9.17, 15) is 20.0 Å². The van der Waals surface area contributed by atoms with Crippen LogP contribution < -0.4 is 5.32 Å². The molecule has 2 atom stereocenters. The molecular weight excluding hydrogens is 388 g/mol. The van der Waals surface area contributed by atoms with Crippen LogP contribution >= 0.6 is 11.8 Å². The largest absolute Gasteiger partial charge is 0.387 e. The Balaban J connectivity index is 1.68. The lowest BCUT2D eigenvalue weighted by Crippen LogP contribution is -2.31. The van der Waals surface area contributed by atoms with E-state index >= 15 is 0 Å². The predicted molar refractivity (Wildman–Crippen MR) is 113 cm³/mol. The number of nitrogens with zero attached hydrogens (tertiary/aromatic N) is 1. The summed E-state index contributed by atoms with van der Waals surface area (Å²) in [6.07, 6.45) is -0.960. The molecule has 3 aromatic rings. The van der Waals surface area contributed by atoms with Crippen LogP contribution in [0.15, 0.2) is 89.8 Å². The van der Waals surface area contributed by atoms with E-state index in [1.807, 2.05) is 60.7 Å². The van der Waals surface area contributed by atoms with Crippen LogP contribution in [0.1, 0.15) is 22.5 Å². The van der Waals surface area contributed by atoms with Gasteiger partial charge in [-0.05, 0) is 35.4 Å². The average molecular weight is 408 g/mol. The van der Waals surface area contributed by atoms with Crippen molar-refractivity contribution in [3.8, 4) is 0 Å². The molecule has 6 nitrogen and oxygen atoms in total. The summed E-state index contributed by atoms with van der Waals surface area (Å²) in [5.74, 6) is -0.217. The minimum absolute atomic E-state index is 0.00925. The molecule has 0 heterocycles. The number of hydrogen-bond acceptors (Lipinski definition) is 5. The molecule has 0 aliphatic heterocycles. The number of aliphatic hydroxyl groups excluding tert-OH is 1. The highest BCUT2D eigenvalue weighted by atomic mass is 32.2. The third-order valence-corrected chi connectivity index (χ3v) is 5.56. The van der Waals surface area contributed by atoms with E-state index in [0.717, 1.165) is 10.5 Å². The summed E-state index contributed by atoms with van der Waals surface area (Å²) < 4.78 is 0. The van der Waals surface area contributed by atoms with Crippen LogP contribution in [0.4, 0.5) is 5.69 Å². The first-order valence-electron chi connectivity index (χ1n) is 9.01. The Kier molecular flexibility index (Phi) is 6.99. The Morgan fingerprint density at radius 2 is 1.52 bits per heavy atom. The van der Waals surface area contributed by atoms with E-state index in [1.165, 1.54) is 36.0 Å². The van der Waals surface area contributed by atoms with Gasteiger partial charge in [-0.3, -0.25) is 14.9 Å². The number of nitro groups is 1. The van der Waals surface area contributed by atoms with Gasteiger partial charge < -0.3 is 10.4 Å². The Morgan fingerprint density at radius 3 is 2.10 bits per heavy atom. The van der Waals surface area contributed by atoms with Crippen LogP contribution in [0, 0.1) is 10.1 Å². The molecule has 0 bridgehead atoms. The Hall–Kier alpha value is -3.16. The van der Waals surface area contributed by atoms with Crippen molar-refractivity contribution in [1.82, 2.24) is 5.32 Å². The fourth-order valence-electron chi connectivity index (χ4n) is 2.76. The summed E-state index contributed by atoms with van der Waals surface area (Å²) in [6, 6.07) is 24.7. The zero-order chi connectivity index (χ0) is 20.6. The van der Waals surface area contributed by atoms with Crippen LogP contribution in [0.2, 0.25) is 0 Å². The lowest BCUT2D eigenvalue weighted by Gasteiger charge is -2.19. The molecule has 148 valence electrons. The fourth-order valence-corrected chi connectivity index (χ4v) is 3.83. The summed E-state index contributed by atoms with van der Waals surface area (Å²) >= 11 is 1.43. The number of rotatable bonds is 8. The third-order valence-electron chi connectivity index (χ3n) is 4.30. The molecule has 1 amide bonds. The number of hydrogen-bond donors (Lipinski definition) is 2. The van der Waals surface area contributed by atoms with E-state index in [4.69, 9.17) is 0 Å². The molecule has 0 saturated heterocycles. The monoisotopic (exact) mass is 408 g/mol. The standard InChI is InChI=1S/C22H20N2O4S/c25-20(16-11-13-18(14-12-16)24(27)28)15-23-22(26)21(17-7-3-1-4-8-17)29-19-9-5-2-6-10-19/h1-14,20-21,25H,15H2,(H,23,26). The van der Waals surface area contributed by atoms with E-state index in [-0.39, 0.29) is 18.1 Å². The average Bonchev–Trinajstić information content (AvgIpc) is 2.77. The van der Waals surface area contributed by atoms with Crippen molar-refractivity contribution in [3.63, 3.8) is 0 Å². The van der Waals surface area contributed by atoms with E-state index in [2.05, 4.69) is 5.32 Å². The molecule has 2 unspecified atom stereocenters. The van der Waals surface area contributed by atoms with Gasteiger partial charge in [-0.25, -0.2) is 0 Å². The van der Waals surface area contributed by atoms with Gasteiger partial charge in [0.2, 0.25) is 5.91 Å². The van der Waals surface area contributed by atoms with E-state index in [0.29, 0.717) is 5.56 Å². The van der Waals surface area contributed by atoms with Crippen molar-refractivity contribution >= 4 is 23.4 Å². The first-order valence-corrected chi connectivity index (χ1v) is 9.89. The molecular formula is C22H20N2O4S. The fraction of sp³-hybridized carbons (Fsp3) is 0.136. The number of carbonyl (C=O) groups is 1. The maximum Gasteiger partial charge on any atom is 0.269 e. The molecule has 7 heteroatoms. The molecule has 0 fully saturated rings. The molecule has 0 aliphatic rings. The molecule has 0 saturated carbocycles. The number of benzene rings is 3. The van der Waals surface area contributed by atoms with Crippen LogP contribution in [0.5, 0.6) is 0 Å². The van der Waals surface area contributed by atoms with Crippen molar-refractivity contribution in [2.75, 3.05) is 6.54 Å². The van der Waals surface area contributed by atoms with E-state index < -0.39 is 16.3 Å². The zero-order valence-corrected chi connectivity index (χ0v) is 16.3. The number of carbonyl (C=O) groups excluding carboxylic acids is 1. The number of thioether (sulfide) groups is 1. The Labute approximate surface area is 172 Å². The van der Waals surface area contributed by atoms with Gasteiger partial charge in [-0.15, -0.1) is 11.8 Å². The lowest BCUT2D eigenvalue weighted by atomic mass is 10.1. The predicted octanol–water partition coefficient (Wildman–Crippen LogP) is 4.28. The lowest BCUT2D eigenvalue weighted by molar-refractivity contribution is -0.384. The number of aliphatic hydroxyl groups is 1. The van der Waals surface area contributed by atoms with Gasteiger partial charge in [0.25, 0.3) is 5.69 Å². The van der Waals surface area contributed by atoms with Gasteiger partial charge in [-0.2, -0.15) is 0 Å². The Morgan fingerprint density at radius 1 is 0.931 bits per heavy atom. The number of nitrogens with one attached hydrogen (secondary N) is 1. The summed E-state index contributed by atoms with van der Waals surface area (Å²) in [5, 5.41) is 23.4. The van der Waals surface area contributed by atoms with Crippen molar-refractivity contribution < 1.29 is 14.8 Å². The van der Waals surface area contributed by atoms with Crippen molar-refractivity contribution in [3.05, 3.63) is 106 Å². The number of non-ortho nitro benzene ring substituents is 1. The topological polar surface area (TPSA) is 92.5 Å². The molecule has 0 aliphatic carbocycles. The van der Waals surface area contributed by atoms with Gasteiger partial charge in [0.05, 0.1) is 11.0 Å². The number of amides is 1. The van der Waals surface area contributed by atoms with Crippen LogP contribution in [0.3, 0.4) is 0 Å². The quantitative estimate of drug-likeness (QED) is 0.330. The zero-order valence-electron chi connectivity index (χ0n) is 15.5. The normalized spacial score (nSPS) is 12.7. The van der Waals surface area contributed by atoms with Gasteiger partial charge in [0.1, 0.15) is 5.25 Å². The highest BCUT2D eigenvalue weighted by molar-refractivity contribution is 8.00. The van der Waals surface area contributed by atoms with Gasteiger partial charge in [-0.1, -0.05) is 48.5 Å². The molecule has 0 aromatic heterocycles. The second kappa shape index (κ2) is 9.86. The van der Waals surface area contributed by atoms with Crippen LogP contribution in [-0.4, -0.2) is 22.5 Å². The minimum Gasteiger partial charge on any atom is -0.387 e. The van der Waals surface area contributed by atoms with Crippen LogP contribution in [-0.2, 0) is 4.79 Å². The molecule has 2 N–H and O–H groups in total.